The molecule has 0 fully saturated rings. The fourth-order valence-electron chi connectivity index (χ4n) is 4.49. The Morgan fingerprint density at radius 2 is 1.56 bits per heavy atom. The lowest BCUT2D eigenvalue weighted by molar-refractivity contribution is -0.136. The Balaban J connectivity index is 1.86. The van der Waals surface area contributed by atoms with Gasteiger partial charge in [0.1, 0.15) is 0 Å². The number of hydrogen-bond acceptors (Lipinski definition) is 5. The Morgan fingerprint density at radius 3 is 2.19 bits per heavy atom. The second kappa shape index (κ2) is 9.99. The molecule has 0 aliphatic carbocycles. The summed E-state index contributed by atoms with van der Waals surface area (Å²) in [7, 11) is 2.64. The lowest BCUT2D eigenvalue weighted by Crippen LogP contribution is -2.24. The molecule has 2 heterocycles. The van der Waals surface area contributed by atoms with Crippen LogP contribution in [0, 0.1) is 13.8 Å². The van der Waals surface area contributed by atoms with Crippen LogP contribution in [0.15, 0.2) is 75.9 Å². The van der Waals surface area contributed by atoms with Crippen molar-refractivity contribution in [3.63, 3.8) is 0 Å². The highest BCUT2D eigenvalue weighted by Gasteiger charge is 2.38. The van der Waals surface area contributed by atoms with Crippen molar-refractivity contribution in [1.82, 2.24) is 4.57 Å². The van der Waals surface area contributed by atoms with Crippen LogP contribution < -0.4 is 4.90 Å². The van der Waals surface area contributed by atoms with Crippen LogP contribution in [0.2, 0.25) is 0 Å². The largest absolute Gasteiger partial charge is 0.465 e. The van der Waals surface area contributed by atoms with Crippen LogP contribution in [-0.4, -0.2) is 36.6 Å². The van der Waals surface area contributed by atoms with Crippen LogP contribution in [-0.2, 0) is 19.1 Å². The molecule has 0 N–H and O–H groups in total. The van der Waals surface area contributed by atoms with Crippen molar-refractivity contribution in [3.05, 3.63) is 98.4 Å². The number of rotatable bonds is 5. The van der Waals surface area contributed by atoms with Crippen molar-refractivity contribution in [2.24, 2.45) is 0 Å². The molecule has 1 aromatic heterocycles. The molecule has 184 valence electrons. The van der Waals surface area contributed by atoms with E-state index < -0.39 is 11.9 Å². The molecular formula is C28H25BrN2O5. The van der Waals surface area contributed by atoms with E-state index in [1.54, 1.807) is 37.3 Å². The van der Waals surface area contributed by atoms with Gasteiger partial charge < -0.3 is 14.0 Å². The number of aromatic nitrogens is 1. The number of halogens is 1. The molecule has 7 nitrogen and oxygen atoms in total. The summed E-state index contributed by atoms with van der Waals surface area (Å²) >= 11 is 3.41. The Kier molecular flexibility index (Phi) is 6.99. The van der Waals surface area contributed by atoms with Gasteiger partial charge in [0.2, 0.25) is 0 Å². The van der Waals surface area contributed by atoms with Gasteiger partial charge in [-0.3, -0.25) is 9.69 Å². The number of benzene rings is 2. The molecular weight excluding hydrogens is 524 g/mol. The summed E-state index contributed by atoms with van der Waals surface area (Å²) in [5, 5.41) is 0. The fraction of sp³-hybridized carbons (Fsp3) is 0.179. The number of carbonyl (C=O) groups is 3. The van der Waals surface area contributed by atoms with Crippen LogP contribution >= 0.6 is 15.9 Å². The molecule has 3 aromatic rings. The fourth-order valence-corrected chi connectivity index (χ4v) is 4.76. The van der Waals surface area contributed by atoms with E-state index in [1.807, 2.05) is 48.7 Å². The zero-order valence-electron chi connectivity index (χ0n) is 20.6. The highest BCUT2D eigenvalue weighted by molar-refractivity contribution is 9.10. The van der Waals surface area contributed by atoms with Crippen molar-refractivity contribution in [2.75, 3.05) is 19.1 Å². The third-order valence-electron chi connectivity index (χ3n) is 6.19. The molecule has 0 saturated carbocycles. The van der Waals surface area contributed by atoms with Gasteiger partial charge in [0.05, 0.1) is 36.6 Å². The summed E-state index contributed by atoms with van der Waals surface area (Å²) in [4.78, 5) is 40.3. The molecule has 4 rings (SSSR count). The maximum absolute atomic E-state index is 13.6. The summed E-state index contributed by atoms with van der Waals surface area (Å²) in [6.07, 6.45) is 1.70. The van der Waals surface area contributed by atoms with Crippen molar-refractivity contribution >= 4 is 45.5 Å². The number of ether oxygens (including phenoxy) is 2. The second-order valence-corrected chi connectivity index (χ2v) is 9.21. The molecule has 2 aromatic carbocycles. The molecule has 0 atom stereocenters. The van der Waals surface area contributed by atoms with Gasteiger partial charge in [-0.1, -0.05) is 28.1 Å². The number of aryl methyl sites for hydroxylation is 1. The molecule has 0 saturated heterocycles. The quantitative estimate of drug-likeness (QED) is 0.310. The van der Waals surface area contributed by atoms with Gasteiger partial charge >= 0.3 is 11.9 Å². The van der Waals surface area contributed by atoms with Gasteiger partial charge in [0, 0.05) is 27.2 Å². The van der Waals surface area contributed by atoms with E-state index in [-0.39, 0.29) is 17.1 Å². The van der Waals surface area contributed by atoms with Crippen LogP contribution in [0.25, 0.3) is 11.8 Å². The van der Waals surface area contributed by atoms with Gasteiger partial charge in [0.25, 0.3) is 5.91 Å². The van der Waals surface area contributed by atoms with Crippen LogP contribution in [0.3, 0.4) is 0 Å². The molecule has 1 aliphatic heterocycles. The monoisotopic (exact) mass is 548 g/mol. The molecule has 0 bridgehead atoms. The number of methoxy groups -OCH3 is 2. The minimum atomic E-state index is -0.587. The number of esters is 2. The van der Waals surface area contributed by atoms with Crippen LogP contribution in [0.4, 0.5) is 5.69 Å². The zero-order valence-corrected chi connectivity index (χ0v) is 22.2. The number of amides is 1. The summed E-state index contributed by atoms with van der Waals surface area (Å²) in [6.45, 7) is 5.53. The first-order valence-electron chi connectivity index (χ1n) is 11.2. The maximum atomic E-state index is 13.6. The SMILES string of the molecule is COC(=O)C1=C(C)N(c2ccc(Br)cc2)C(=O)/C1=C\c1cc(C)n(-c2ccccc2C(=O)OC)c1C. The third kappa shape index (κ3) is 4.28. The molecule has 1 aliphatic rings. The van der Waals surface area contributed by atoms with E-state index in [0.717, 1.165) is 21.4 Å². The van der Waals surface area contributed by atoms with Gasteiger partial charge in [-0.05, 0) is 74.9 Å². The van der Waals surface area contributed by atoms with E-state index in [2.05, 4.69) is 15.9 Å². The lowest BCUT2D eigenvalue weighted by Gasteiger charge is -2.18. The highest BCUT2D eigenvalue weighted by atomic mass is 79.9. The molecule has 0 unspecified atom stereocenters. The number of nitrogens with zero attached hydrogens (tertiary/aromatic N) is 2. The maximum Gasteiger partial charge on any atom is 0.340 e. The average Bonchev–Trinajstić information content (AvgIpc) is 3.29. The predicted molar refractivity (Wildman–Crippen MR) is 141 cm³/mol. The predicted octanol–water partition coefficient (Wildman–Crippen LogP) is 5.52. The number of hydrogen-bond donors (Lipinski definition) is 0. The van der Waals surface area contributed by atoms with E-state index in [9.17, 15) is 14.4 Å². The van der Waals surface area contributed by atoms with Crippen LogP contribution in [0.5, 0.6) is 0 Å². The standard InChI is InChI=1S/C28H25BrN2O5/c1-16-14-19(17(2)30(16)24-9-7-6-8-22(24)27(33)35-4)15-23-25(28(34)36-5)18(3)31(26(23)32)21-12-10-20(29)11-13-21/h6-15H,1-5H3/b23-15-. The van der Waals surface area contributed by atoms with Gasteiger partial charge in [-0.2, -0.15) is 0 Å². The minimum Gasteiger partial charge on any atom is -0.465 e. The van der Waals surface area contributed by atoms with Crippen molar-refractivity contribution < 1.29 is 23.9 Å². The van der Waals surface area contributed by atoms with Gasteiger partial charge in [-0.25, -0.2) is 9.59 Å². The molecule has 0 spiro atoms. The first-order valence-corrected chi connectivity index (χ1v) is 12.0. The molecule has 8 heteroatoms. The average molecular weight is 549 g/mol. The van der Waals surface area contributed by atoms with Crippen molar-refractivity contribution in [1.29, 1.82) is 0 Å². The summed E-state index contributed by atoms with van der Waals surface area (Å²) in [6, 6.07) is 16.4. The number of anilines is 1. The molecule has 36 heavy (non-hydrogen) atoms. The molecule has 1 amide bonds. The second-order valence-electron chi connectivity index (χ2n) is 8.30. The zero-order chi connectivity index (χ0) is 26.1. The topological polar surface area (TPSA) is 77.8 Å². The van der Waals surface area contributed by atoms with Gasteiger partial charge in [0.15, 0.2) is 0 Å². The van der Waals surface area contributed by atoms with Crippen LogP contribution in [0.1, 0.15) is 34.2 Å². The van der Waals surface area contributed by atoms with E-state index in [0.29, 0.717) is 22.6 Å². The van der Waals surface area contributed by atoms with E-state index in [1.165, 1.54) is 19.1 Å². The molecule has 0 radical (unpaired) electrons. The number of allylic oxidation sites excluding steroid dienone is 1. The first-order chi connectivity index (χ1) is 17.2. The number of carbonyl (C=O) groups excluding carboxylic acids is 3. The first kappa shape index (κ1) is 25.2. The van der Waals surface area contributed by atoms with E-state index >= 15 is 0 Å². The Bertz CT molecular complexity index is 1450. The third-order valence-corrected chi connectivity index (χ3v) is 6.72. The summed E-state index contributed by atoms with van der Waals surface area (Å²) in [5.41, 5.74) is 5.06. The van der Waals surface area contributed by atoms with Crippen molar-refractivity contribution in [3.8, 4) is 5.69 Å². The Hall–Kier alpha value is -3.91. The number of para-hydroxylation sites is 1. The smallest absolute Gasteiger partial charge is 0.340 e. The Labute approximate surface area is 217 Å². The van der Waals surface area contributed by atoms with Crippen molar-refractivity contribution in [2.45, 2.75) is 20.8 Å². The Morgan fingerprint density at radius 1 is 0.917 bits per heavy atom. The van der Waals surface area contributed by atoms with E-state index in [4.69, 9.17) is 9.47 Å². The highest BCUT2D eigenvalue weighted by Crippen LogP contribution is 2.37. The summed E-state index contributed by atoms with van der Waals surface area (Å²) in [5.74, 6) is -1.35. The summed E-state index contributed by atoms with van der Waals surface area (Å²) < 4.78 is 12.8. The lowest BCUT2D eigenvalue weighted by atomic mass is 10.0. The minimum absolute atomic E-state index is 0.213. The normalized spacial score (nSPS) is 14.6. The van der Waals surface area contributed by atoms with Gasteiger partial charge in [-0.15, -0.1) is 0 Å².